The lowest BCUT2D eigenvalue weighted by molar-refractivity contribution is 0.416. The van der Waals surface area contributed by atoms with Gasteiger partial charge >= 0.3 is 0 Å². The highest BCUT2D eigenvalue weighted by Crippen LogP contribution is 2.38. The fourth-order valence-electron chi connectivity index (χ4n) is 2.20. The van der Waals surface area contributed by atoms with E-state index in [0.29, 0.717) is 6.04 Å². The van der Waals surface area contributed by atoms with Crippen molar-refractivity contribution >= 4 is 16.6 Å². The van der Waals surface area contributed by atoms with Crippen LogP contribution in [0.1, 0.15) is 12.6 Å². The maximum Gasteiger partial charge on any atom is 0.144 e. The summed E-state index contributed by atoms with van der Waals surface area (Å²) in [6, 6.07) is 8.99. The Balaban J connectivity index is 2.18. The molecular weight excluding hydrogens is 212 g/mol. The number of methoxy groups -OCH3 is 1. The first-order valence-corrected chi connectivity index (χ1v) is 5.91. The van der Waals surface area contributed by atoms with Gasteiger partial charge in [0.25, 0.3) is 0 Å². The van der Waals surface area contributed by atoms with Crippen molar-refractivity contribution in [2.45, 2.75) is 19.9 Å². The molecule has 0 bridgehead atoms. The Morgan fingerprint density at radius 1 is 1.35 bits per heavy atom. The summed E-state index contributed by atoms with van der Waals surface area (Å²) >= 11 is 0. The van der Waals surface area contributed by atoms with E-state index in [1.807, 2.05) is 19.1 Å². The Hall–Kier alpha value is -1.77. The van der Waals surface area contributed by atoms with Crippen LogP contribution in [0.5, 0.6) is 5.75 Å². The number of pyridine rings is 1. The highest BCUT2D eigenvalue weighted by Gasteiger charge is 2.31. The summed E-state index contributed by atoms with van der Waals surface area (Å²) in [5.74, 6) is 0.917. The van der Waals surface area contributed by atoms with Crippen LogP contribution in [0.3, 0.4) is 0 Å². The Morgan fingerprint density at radius 2 is 2.12 bits per heavy atom. The molecule has 2 aromatic rings. The molecule has 1 aliphatic heterocycles. The van der Waals surface area contributed by atoms with E-state index in [0.717, 1.165) is 23.5 Å². The molecule has 1 unspecified atom stereocenters. The smallest absolute Gasteiger partial charge is 0.144 e. The van der Waals surface area contributed by atoms with Crippen LogP contribution in [-0.2, 0) is 0 Å². The Labute approximate surface area is 101 Å². The fourth-order valence-corrected chi connectivity index (χ4v) is 2.20. The van der Waals surface area contributed by atoms with Gasteiger partial charge in [-0.05, 0) is 26.0 Å². The van der Waals surface area contributed by atoms with Crippen molar-refractivity contribution in [2.75, 3.05) is 18.6 Å². The first-order valence-electron chi connectivity index (χ1n) is 5.91. The van der Waals surface area contributed by atoms with Crippen molar-refractivity contribution in [3.63, 3.8) is 0 Å². The number of rotatable bonds is 2. The molecular formula is C14H16N2O. The largest absolute Gasteiger partial charge is 0.495 e. The fraction of sp³-hybridized carbons (Fsp3) is 0.357. The molecule has 2 heterocycles. The van der Waals surface area contributed by atoms with Crippen molar-refractivity contribution in [1.82, 2.24) is 4.98 Å². The number of aromatic nitrogens is 1. The maximum atomic E-state index is 5.46. The van der Waals surface area contributed by atoms with E-state index in [1.165, 1.54) is 11.1 Å². The summed E-state index contributed by atoms with van der Waals surface area (Å²) in [7, 11) is 1.72. The van der Waals surface area contributed by atoms with Gasteiger partial charge in [0, 0.05) is 29.7 Å². The first-order chi connectivity index (χ1) is 8.19. The molecule has 1 fully saturated rings. The van der Waals surface area contributed by atoms with E-state index < -0.39 is 0 Å². The van der Waals surface area contributed by atoms with Crippen LogP contribution >= 0.6 is 0 Å². The zero-order valence-corrected chi connectivity index (χ0v) is 10.4. The molecule has 1 saturated heterocycles. The minimum absolute atomic E-state index is 0.625. The van der Waals surface area contributed by atoms with Crippen molar-refractivity contribution in [3.8, 4) is 5.75 Å². The van der Waals surface area contributed by atoms with Crippen LogP contribution in [-0.4, -0.2) is 24.7 Å². The number of ether oxygens (including phenoxy) is 1. The number of hydrogen-bond donors (Lipinski definition) is 0. The zero-order valence-electron chi connectivity index (χ0n) is 10.4. The van der Waals surface area contributed by atoms with Crippen LogP contribution in [0.2, 0.25) is 0 Å². The molecule has 3 rings (SSSR count). The first kappa shape index (κ1) is 10.4. The molecule has 1 aromatic heterocycles. The van der Waals surface area contributed by atoms with Gasteiger partial charge in [0.05, 0.1) is 18.3 Å². The molecule has 0 spiro atoms. The molecule has 3 heteroatoms. The summed E-state index contributed by atoms with van der Waals surface area (Å²) in [6.07, 6.45) is 0. The Kier molecular flexibility index (Phi) is 2.21. The molecule has 1 aromatic carbocycles. The predicted octanol–water partition coefficient (Wildman–Crippen LogP) is 2.76. The summed E-state index contributed by atoms with van der Waals surface area (Å²) < 4.78 is 5.46. The lowest BCUT2D eigenvalue weighted by atomic mass is 10.1. The van der Waals surface area contributed by atoms with Gasteiger partial charge < -0.3 is 9.64 Å². The van der Waals surface area contributed by atoms with E-state index in [4.69, 9.17) is 4.74 Å². The van der Waals surface area contributed by atoms with Gasteiger partial charge in [-0.1, -0.05) is 6.07 Å². The van der Waals surface area contributed by atoms with Gasteiger partial charge in [-0.2, -0.15) is 0 Å². The molecule has 0 N–H and O–H groups in total. The van der Waals surface area contributed by atoms with Gasteiger partial charge in [-0.15, -0.1) is 0 Å². The average molecular weight is 228 g/mol. The zero-order chi connectivity index (χ0) is 12.0. The van der Waals surface area contributed by atoms with Crippen molar-refractivity contribution in [1.29, 1.82) is 0 Å². The van der Waals surface area contributed by atoms with Gasteiger partial charge in [-0.3, -0.25) is 4.98 Å². The number of hydrogen-bond acceptors (Lipinski definition) is 3. The predicted molar refractivity (Wildman–Crippen MR) is 69.8 cm³/mol. The highest BCUT2D eigenvalue weighted by atomic mass is 16.5. The molecule has 0 radical (unpaired) electrons. The van der Waals surface area contributed by atoms with Crippen LogP contribution in [0.25, 0.3) is 10.9 Å². The van der Waals surface area contributed by atoms with Gasteiger partial charge in [0.15, 0.2) is 0 Å². The van der Waals surface area contributed by atoms with Crippen molar-refractivity contribution < 1.29 is 4.74 Å². The van der Waals surface area contributed by atoms with Crippen LogP contribution < -0.4 is 9.64 Å². The van der Waals surface area contributed by atoms with Gasteiger partial charge in [0.1, 0.15) is 5.75 Å². The topological polar surface area (TPSA) is 25.1 Å². The van der Waals surface area contributed by atoms with Crippen LogP contribution in [0.15, 0.2) is 24.3 Å². The molecule has 1 atom stereocenters. The molecule has 3 nitrogen and oxygen atoms in total. The maximum absolute atomic E-state index is 5.46. The number of aryl methyl sites for hydroxylation is 1. The molecule has 0 aliphatic carbocycles. The summed E-state index contributed by atoms with van der Waals surface area (Å²) in [4.78, 5) is 6.86. The standard InChI is InChI=1S/C14H16N2O/c1-9-4-5-11-6-13(16-8-10(16)2)14(17-3)7-12(11)15-9/h4-7,10H,8H2,1-3H3. The van der Waals surface area contributed by atoms with Crippen molar-refractivity contribution in [3.05, 3.63) is 30.0 Å². The highest BCUT2D eigenvalue weighted by molar-refractivity contribution is 5.87. The van der Waals surface area contributed by atoms with E-state index in [1.54, 1.807) is 7.11 Å². The molecule has 0 amide bonds. The lowest BCUT2D eigenvalue weighted by Gasteiger charge is -2.12. The van der Waals surface area contributed by atoms with Crippen LogP contribution in [0, 0.1) is 6.92 Å². The van der Waals surface area contributed by atoms with E-state index in [-0.39, 0.29) is 0 Å². The Morgan fingerprint density at radius 3 is 2.76 bits per heavy atom. The second-order valence-electron chi connectivity index (χ2n) is 4.67. The SMILES string of the molecule is COc1cc2nc(C)ccc2cc1N1CC1C. The third-order valence-corrected chi connectivity index (χ3v) is 3.30. The third kappa shape index (κ3) is 1.71. The van der Waals surface area contributed by atoms with Gasteiger partial charge in [0.2, 0.25) is 0 Å². The van der Waals surface area contributed by atoms with E-state index in [2.05, 4.69) is 28.9 Å². The van der Waals surface area contributed by atoms with E-state index >= 15 is 0 Å². The van der Waals surface area contributed by atoms with Crippen molar-refractivity contribution in [2.24, 2.45) is 0 Å². The second kappa shape index (κ2) is 3.62. The molecule has 88 valence electrons. The average Bonchev–Trinajstić information content (AvgIpc) is 3.04. The Bertz CT molecular complexity index is 580. The summed E-state index contributed by atoms with van der Waals surface area (Å²) in [5, 5.41) is 1.17. The molecule has 17 heavy (non-hydrogen) atoms. The summed E-state index contributed by atoms with van der Waals surface area (Å²) in [6.45, 7) is 5.34. The lowest BCUT2D eigenvalue weighted by Crippen LogP contribution is -1.99. The minimum atomic E-state index is 0.625. The summed E-state index contributed by atoms with van der Waals surface area (Å²) in [5.41, 5.74) is 3.21. The molecule has 1 aliphatic rings. The number of anilines is 1. The molecule has 0 saturated carbocycles. The second-order valence-corrected chi connectivity index (χ2v) is 4.67. The number of fused-ring (bicyclic) bond motifs is 1. The normalized spacial score (nSPS) is 18.5. The number of benzene rings is 1. The third-order valence-electron chi connectivity index (χ3n) is 3.30. The van der Waals surface area contributed by atoms with Crippen LogP contribution in [0.4, 0.5) is 5.69 Å². The minimum Gasteiger partial charge on any atom is -0.495 e. The van der Waals surface area contributed by atoms with Gasteiger partial charge in [-0.25, -0.2) is 0 Å². The number of nitrogens with zero attached hydrogens (tertiary/aromatic N) is 2. The quantitative estimate of drug-likeness (QED) is 0.739. The monoisotopic (exact) mass is 228 g/mol. The van der Waals surface area contributed by atoms with E-state index in [9.17, 15) is 0 Å².